The molecule has 0 fully saturated rings. The van der Waals surface area contributed by atoms with E-state index in [0.29, 0.717) is 12.0 Å². The molecule has 0 bridgehead atoms. The van der Waals surface area contributed by atoms with Crippen molar-refractivity contribution in [1.29, 1.82) is 0 Å². The topological polar surface area (TPSA) is 82.9 Å². The van der Waals surface area contributed by atoms with Crippen molar-refractivity contribution in [2.24, 2.45) is 0 Å². The summed E-state index contributed by atoms with van der Waals surface area (Å²) in [5.41, 5.74) is 0.735. The number of likely N-dealkylation sites (N-methyl/N-ethyl adjacent to an activating group) is 1. The molecule has 0 saturated carbocycles. The first kappa shape index (κ1) is 17.1. The largest absolute Gasteiger partial charge is 0.395 e. The van der Waals surface area contributed by atoms with E-state index in [2.05, 4.69) is 16.8 Å². The van der Waals surface area contributed by atoms with E-state index in [-0.39, 0.29) is 31.4 Å². The van der Waals surface area contributed by atoms with E-state index in [0.717, 1.165) is 0 Å². The number of carbonyl (C=O) groups is 1. The Morgan fingerprint density at radius 3 is 3.00 bits per heavy atom. The highest BCUT2D eigenvalue weighted by Gasteiger charge is 2.18. The number of ether oxygens (including phenoxy) is 1. The number of rotatable bonds is 6. The molecular weight excluding hydrogens is 272 g/mol. The van der Waals surface area contributed by atoms with Gasteiger partial charge in [-0.1, -0.05) is 11.8 Å². The van der Waals surface area contributed by atoms with E-state index < -0.39 is 6.10 Å². The van der Waals surface area contributed by atoms with Crippen molar-refractivity contribution in [3.8, 4) is 11.8 Å². The lowest BCUT2D eigenvalue weighted by Crippen LogP contribution is -2.36. The number of aliphatic hydroxyl groups is 2. The van der Waals surface area contributed by atoms with E-state index in [9.17, 15) is 9.90 Å². The quantitative estimate of drug-likeness (QED) is 0.715. The molecule has 2 N–H and O–H groups in total. The summed E-state index contributed by atoms with van der Waals surface area (Å²) in [5, 5.41) is 18.4. The molecule has 1 heterocycles. The van der Waals surface area contributed by atoms with Gasteiger partial charge in [0, 0.05) is 33.3 Å². The second-order valence-corrected chi connectivity index (χ2v) is 4.47. The number of aromatic nitrogens is 1. The Morgan fingerprint density at radius 1 is 1.57 bits per heavy atom. The molecule has 1 aromatic rings. The monoisotopic (exact) mass is 292 g/mol. The molecule has 6 heteroatoms. The van der Waals surface area contributed by atoms with Gasteiger partial charge in [0.1, 0.15) is 5.69 Å². The number of aliphatic hydroxyl groups excluding tert-OH is 2. The molecule has 0 aliphatic heterocycles. The number of pyridine rings is 1. The zero-order chi connectivity index (χ0) is 15.7. The molecule has 0 spiro atoms. The van der Waals surface area contributed by atoms with Crippen LogP contribution in [0.15, 0.2) is 18.3 Å². The maximum absolute atomic E-state index is 12.3. The average molecular weight is 292 g/mol. The summed E-state index contributed by atoms with van der Waals surface area (Å²) < 4.78 is 4.83. The lowest BCUT2D eigenvalue weighted by molar-refractivity contribution is 0.0378. The smallest absolute Gasteiger partial charge is 0.273 e. The zero-order valence-electron chi connectivity index (χ0n) is 12.2. The summed E-state index contributed by atoms with van der Waals surface area (Å²) in [7, 11) is 3.07. The van der Waals surface area contributed by atoms with Crippen LogP contribution in [-0.4, -0.2) is 66.0 Å². The summed E-state index contributed by atoms with van der Waals surface area (Å²) in [5.74, 6) is 5.27. The highest BCUT2D eigenvalue weighted by molar-refractivity contribution is 5.94. The minimum atomic E-state index is -0.753. The van der Waals surface area contributed by atoms with Crippen molar-refractivity contribution < 1.29 is 19.7 Å². The van der Waals surface area contributed by atoms with Gasteiger partial charge >= 0.3 is 0 Å². The summed E-state index contributed by atoms with van der Waals surface area (Å²) in [6, 6.07) is 3.39. The maximum Gasteiger partial charge on any atom is 0.273 e. The molecule has 1 unspecified atom stereocenters. The van der Waals surface area contributed by atoms with Gasteiger partial charge in [0.25, 0.3) is 5.91 Å². The first-order chi connectivity index (χ1) is 10.1. The second-order valence-electron chi connectivity index (χ2n) is 4.47. The van der Waals surface area contributed by atoms with E-state index in [1.807, 2.05) is 0 Å². The normalized spacial score (nSPS) is 11.4. The van der Waals surface area contributed by atoms with Gasteiger partial charge in [-0.15, -0.1) is 0 Å². The van der Waals surface area contributed by atoms with Crippen LogP contribution in [0.25, 0.3) is 0 Å². The first-order valence-electron chi connectivity index (χ1n) is 6.57. The molecule has 21 heavy (non-hydrogen) atoms. The highest BCUT2D eigenvalue weighted by Crippen LogP contribution is 2.07. The van der Waals surface area contributed by atoms with Gasteiger partial charge in [-0.05, 0) is 12.1 Å². The second kappa shape index (κ2) is 9.08. The van der Waals surface area contributed by atoms with Crippen LogP contribution in [0.2, 0.25) is 0 Å². The van der Waals surface area contributed by atoms with Gasteiger partial charge in [0.15, 0.2) is 0 Å². The number of hydrogen-bond donors (Lipinski definition) is 2. The number of carbonyl (C=O) groups excluding carboxylic acids is 1. The van der Waals surface area contributed by atoms with Gasteiger partial charge in [0.05, 0.1) is 24.9 Å². The summed E-state index contributed by atoms with van der Waals surface area (Å²) in [4.78, 5) is 17.8. The van der Waals surface area contributed by atoms with Crippen LogP contribution >= 0.6 is 0 Å². The Labute approximate surface area is 124 Å². The van der Waals surface area contributed by atoms with Crippen LogP contribution in [0.5, 0.6) is 0 Å². The predicted molar refractivity (Wildman–Crippen MR) is 77.7 cm³/mol. The van der Waals surface area contributed by atoms with E-state index in [4.69, 9.17) is 9.84 Å². The maximum atomic E-state index is 12.3. The Balaban J connectivity index is 2.85. The van der Waals surface area contributed by atoms with Gasteiger partial charge < -0.3 is 19.8 Å². The zero-order valence-corrected chi connectivity index (χ0v) is 12.2. The van der Waals surface area contributed by atoms with Gasteiger partial charge in [-0.25, -0.2) is 4.98 Å². The van der Waals surface area contributed by atoms with Crippen LogP contribution in [0.3, 0.4) is 0 Å². The van der Waals surface area contributed by atoms with Crippen molar-refractivity contribution in [3.63, 3.8) is 0 Å². The van der Waals surface area contributed by atoms with Crippen molar-refractivity contribution in [2.75, 3.05) is 33.9 Å². The molecule has 0 saturated heterocycles. The fourth-order valence-electron chi connectivity index (χ4n) is 1.72. The number of hydrogen-bond acceptors (Lipinski definition) is 5. The Hall–Kier alpha value is -1.94. The summed E-state index contributed by atoms with van der Waals surface area (Å²) >= 11 is 0. The van der Waals surface area contributed by atoms with Gasteiger partial charge in [-0.3, -0.25) is 4.79 Å². The molecule has 0 radical (unpaired) electrons. The minimum Gasteiger partial charge on any atom is -0.395 e. The molecule has 1 aromatic heterocycles. The third-order valence-electron chi connectivity index (χ3n) is 2.66. The van der Waals surface area contributed by atoms with E-state index in [1.54, 1.807) is 19.2 Å². The molecule has 0 aromatic carbocycles. The number of methoxy groups -OCH3 is 1. The van der Waals surface area contributed by atoms with Gasteiger partial charge in [0.2, 0.25) is 0 Å². The summed E-state index contributed by atoms with van der Waals surface area (Å²) in [6.45, 7) is 0.273. The van der Waals surface area contributed by atoms with Crippen molar-refractivity contribution in [3.05, 3.63) is 29.6 Å². The van der Waals surface area contributed by atoms with Crippen LogP contribution < -0.4 is 0 Å². The molecule has 0 aliphatic rings. The lowest BCUT2D eigenvalue weighted by Gasteiger charge is -2.20. The van der Waals surface area contributed by atoms with Crippen LogP contribution in [0.4, 0.5) is 0 Å². The lowest BCUT2D eigenvalue weighted by atomic mass is 10.1. The van der Waals surface area contributed by atoms with Gasteiger partial charge in [-0.2, -0.15) is 0 Å². The number of amides is 1. The molecule has 6 nitrogen and oxygen atoms in total. The average Bonchev–Trinajstić information content (AvgIpc) is 2.47. The van der Waals surface area contributed by atoms with Crippen molar-refractivity contribution in [1.82, 2.24) is 9.88 Å². The fourth-order valence-corrected chi connectivity index (χ4v) is 1.72. The molecule has 0 aliphatic carbocycles. The standard InChI is InChI=1S/C15H20N2O4/c1-17(10-13(19)11-21-2)15(20)14-12(6-3-4-9-18)7-5-8-16-14/h5,7-8,13,18-19H,4,9-11H2,1-2H3. The third kappa shape index (κ3) is 5.52. The van der Waals surface area contributed by atoms with Crippen molar-refractivity contribution in [2.45, 2.75) is 12.5 Å². The van der Waals surface area contributed by atoms with Crippen LogP contribution in [-0.2, 0) is 4.74 Å². The van der Waals surface area contributed by atoms with E-state index in [1.165, 1.54) is 18.2 Å². The Morgan fingerprint density at radius 2 is 2.33 bits per heavy atom. The fraction of sp³-hybridized carbons (Fsp3) is 0.467. The Kier molecular flexibility index (Phi) is 7.40. The molecular formula is C15H20N2O4. The molecule has 1 amide bonds. The van der Waals surface area contributed by atoms with Crippen LogP contribution in [0.1, 0.15) is 22.5 Å². The Bertz CT molecular complexity index is 522. The van der Waals surface area contributed by atoms with Crippen molar-refractivity contribution >= 4 is 5.91 Å². The molecule has 114 valence electrons. The summed E-state index contributed by atoms with van der Waals surface area (Å²) in [6.07, 6.45) is 1.10. The van der Waals surface area contributed by atoms with E-state index >= 15 is 0 Å². The SMILES string of the molecule is COCC(O)CN(C)C(=O)c1ncccc1C#CCCO. The molecule has 1 atom stereocenters. The first-order valence-corrected chi connectivity index (χ1v) is 6.57. The van der Waals surface area contributed by atoms with Crippen LogP contribution in [0, 0.1) is 11.8 Å². The predicted octanol–water partition coefficient (Wildman–Crippen LogP) is -0.105. The third-order valence-corrected chi connectivity index (χ3v) is 2.66. The minimum absolute atomic E-state index is 0.0281. The molecule has 1 rings (SSSR count). The highest BCUT2D eigenvalue weighted by atomic mass is 16.5. The number of nitrogens with zero attached hydrogens (tertiary/aromatic N) is 2.